The first kappa shape index (κ1) is 14.4. The van der Waals surface area contributed by atoms with E-state index in [-0.39, 0.29) is 12.7 Å². The molecule has 0 heterocycles. The maximum Gasteiger partial charge on any atom is 0.379 e. The Labute approximate surface area is 107 Å². The van der Waals surface area contributed by atoms with Gasteiger partial charge in [-0.3, -0.25) is 4.79 Å². The molecule has 0 saturated heterocycles. The summed E-state index contributed by atoms with van der Waals surface area (Å²) in [5, 5.41) is 0. The number of hydrogen-bond acceptors (Lipinski definition) is 4. The molecule has 0 spiro atoms. The average Bonchev–Trinajstić information content (AvgIpc) is 2.39. The van der Waals surface area contributed by atoms with Crippen LogP contribution in [0.5, 0.6) is 0 Å². The molecule has 1 rings (SSSR count). The highest BCUT2D eigenvalue weighted by molar-refractivity contribution is 6.40. The van der Waals surface area contributed by atoms with Gasteiger partial charge in [0.2, 0.25) is 0 Å². The minimum atomic E-state index is -0.810. The van der Waals surface area contributed by atoms with Gasteiger partial charge in [0.15, 0.2) is 0 Å². The number of carbonyl (C=O) groups is 2. The van der Waals surface area contributed by atoms with E-state index in [0.717, 1.165) is 12.0 Å². The average molecular weight is 250 g/mol. The predicted octanol–water partition coefficient (Wildman–Crippen LogP) is 2.01. The minimum Gasteiger partial charge on any atom is -0.460 e. The molecular weight excluding hydrogens is 232 g/mol. The Hall–Kier alpha value is -1.68. The summed E-state index contributed by atoms with van der Waals surface area (Å²) >= 11 is 0. The Morgan fingerprint density at radius 2 is 1.83 bits per heavy atom. The van der Waals surface area contributed by atoms with Crippen LogP contribution < -0.4 is 0 Å². The lowest BCUT2D eigenvalue weighted by atomic mass is 10.0. The molecular formula is C14H18O4. The van der Waals surface area contributed by atoms with Gasteiger partial charge in [-0.2, -0.15) is 0 Å². The van der Waals surface area contributed by atoms with E-state index in [1.54, 1.807) is 26.2 Å². The first-order valence-electron chi connectivity index (χ1n) is 5.91. The fourth-order valence-electron chi connectivity index (χ4n) is 1.52. The molecule has 0 fully saturated rings. The van der Waals surface area contributed by atoms with Crippen molar-refractivity contribution in [2.45, 2.75) is 26.4 Å². The number of esters is 1. The van der Waals surface area contributed by atoms with E-state index in [1.807, 2.05) is 19.1 Å². The van der Waals surface area contributed by atoms with Crippen molar-refractivity contribution in [1.82, 2.24) is 0 Å². The molecule has 1 unspecified atom stereocenters. The van der Waals surface area contributed by atoms with Crippen molar-refractivity contribution in [2.75, 3.05) is 13.7 Å². The zero-order valence-electron chi connectivity index (χ0n) is 10.9. The molecule has 1 aromatic rings. The van der Waals surface area contributed by atoms with Crippen molar-refractivity contribution in [2.24, 2.45) is 0 Å². The Balaban J connectivity index is 2.70. The summed E-state index contributed by atoms with van der Waals surface area (Å²) in [6.45, 7) is 3.84. The van der Waals surface area contributed by atoms with Crippen LogP contribution in [0.25, 0.3) is 0 Å². The Morgan fingerprint density at radius 1 is 1.22 bits per heavy atom. The molecule has 98 valence electrons. The van der Waals surface area contributed by atoms with E-state index in [9.17, 15) is 9.59 Å². The third-order valence-electron chi connectivity index (χ3n) is 2.60. The molecule has 0 bridgehead atoms. The van der Waals surface area contributed by atoms with Crippen LogP contribution in [0.1, 0.15) is 29.8 Å². The largest absolute Gasteiger partial charge is 0.460 e. The Morgan fingerprint density at radius 3 is 2.33 bits per heavy atom. The molecule has 0 amide bonds. The lowest BCUT2D eigenvalue weighted by Gasteiger charge is -2.09. The van der Waals surface area contributed by atoms with Crippen LogP contribution in [0.4, 0.5) is 0 Å². The normalized spacial score (nSPS) is 11.9. The van der Waals surface area contributed by atoms with Crippen molar-refractivity contribution >= 4 is 11.8 Å². The summed E-state index contributed by atoms with van der Waals surface area (Å²) in [5.74, 6) is -1.42. The van der Waals surface area contributed by atoms with E-state index in [2.05, 4.69) is 4.74 Å². The van der Waals surface area contributed by atoms with Crippen LogP contribution in [0.15, 0.2) is 24.3 Å². The summed E-state index contributed by atoms with van der Waals surface area (Å²) in [5.41, 5.74) is 1.41. The smallest absolute Gasteiger partial charge is 0.379 e. The van der Waals surface area contributed by atoms with Gasteiger partial charge in [0.05, 0.1) is 12.7 Å². The molecule has 0 radical (unpaired) electrons. The lowest BCUT2D eigenvalue weighted by molar-refractivity contribution is -0.137. The number of methoxy groups -OCH3 is 1. The van der Waals surface area contributed by atoms with Crippen LogP contribution >= 0.6 is 0 Å². The van der Waals surface area contributed by atoms with Gasteiger partial charge < -0.3 is 9.47 Å². The summed E-state index contributed by atoms with van der Waals surface area (Å²) in [4.78, 5) is 22.9. The predicted molar refractivity (Wildman–Crippen MR) is 67.6 cm³/mol. The van der Waals surface area contributed by atoms with Gasteiger partial charge in [-0.15, -0.1) is 0 Å². The zero-order valence-corrected chi connectivity index (χ0v) is 10.9. The summed E-state index contributed by atoms with van der Waals surface area (Å²) in [7, 11) is 1.66. The summed E-state index contributed by atoms with van der Waals surface area (Å²) < 4.78 is 9.82. The van der Waals surface area contributed by atoms with Crippen LogP contribution in [-0.2, 0) is 20.7 Å². The van der Waals surface area contributed by atoms with Crippen molar-refractivity contribution in [3.63, 3.8) is 0 Å². The highest BCUT2D eigenvalue weighted by Gasteiger charge is 2.17. The number of benzene rings is 1. The second kappa shape index (κ2) is 6.91. The van der Waals surface area contributed by atoms with Crippen LogP contribution in [-0.4, -0.2) is 31.6 Å². The standard InChI is InChI=1S/C14H18O4/c1-4-18-14(16)13(15)12-7-5-11(6-8-12)9-10(2)17-3/h5-8,10H,4,9H2,1-3H3. The minimum absolute atomic E-state index is 0.122. The molecule has 4 nitrogen and oxygen atoms in total. The molecule has 4 heteroatoms. The van der Waals surface area contributed by atoms with Gasteiger partial charge in [0.25, 0.3) is 5.78 Å². The van der Waals surface area contributed by atoms with E-state index in [1.165, 1.54) is 0 Å². The van der Waals surface area contributed by atoms with Crippen molar-refractivity contribution in [3.8, 4) is 0 Å². The van der Waals surface area contributed by atoms with Gasteiger partial charge in [-0.25, -0.2) is 4.79 Å². The molecule has 0 aliphatic carbocycles. The fraction of sp³-hybridized carbons (Fsp3) is 0.429. The third-order valence-corrected chi connectivity index (χ3v) is 2.60. The van der Waals surface area contributed by atoms with Crippen molar-refractivity contribution < 1.29 is 19.1 Å². The lowest BCUT2D eigenvalue weighted by Crippen LogP contribution is -2.17. The molecule has 0 saturated carbocycles. The first-order chi connectivity index (χ1) is 8.58. The molecule has 0 aliphatic rings. The quantitative estimate of drug-likeness (QED) is 0.440. The van der Waals surface area contributed by atoms with Gasteiger partial charge >= 0.3 is 5.97 Å². The number of ether oxygens (including phenoxy) is 2. The van der Waals surface area contributed by atoms with Crippen molar-refractivity contribution in [3.05, 3.63) is 35.4 Å². The van der Waals surface area contributed by atoms with Gasteiger partial charge in [0.1, 0.15) is 0 Å². The number of hydrogen-bond donors (Lipinski definition) is 0. The number of ketones is 1. The monoisotopic (exact) mass is 250 g/mol. The van der Waals surface area contributed by atoms with Gasteiger partial charge in [0, 0.05) is 12.7 Å². The molecule has 18 heavy (non-hydrogen) atoms. The first-order valence-corrected chi connectivity index (χ1v) is 5.91. The molecule has 0 aliphatic heterocycles. The van der Waals surface area contributed by atoms with E-state index in [4.69, 9.17) is 4.74 Å². The highest BCUT2D eigenvalue weighted by atomic mass is 16.5. The van der Waals surface area contributed by atoms with E-state index >= 15 is 0 Å². The maximum atomic E-state index is 11.6. The number of carbonyl (C=O) groups excluding carboxylic acids is 2. The van der Waals surface area contributed by atoms with Gasteiger partial charge in [-0.05, 0) is 25.8 Å². The molecule has 0 aromatic heterocycles. The van der Waals surface area contributed by atoms with Crippen LogP contribution in [0.3, 0.4) is 0 Å². The van der Waals surface area contributed by atoms with Crippen LogP contribution in [0, 0.1) is 0 Å². The maximum absolute atomic E-state index is 11.6. The Kier molecular flexibility index (Phi) is 5.52. The van der Waals surface area contributed by atoms with E-state index in [0.29, 0.717) is 5.56 Å². The molecule has 0 N–H and O–H groups in total. The van der Waals surface area contributed by atoms with E-state index < -0.39 is 11.8 Å². The number of Topliss-reactive ketones (excluding diaryl/α,β-unsaturated/α-hetero) is 1. The Bertz CT molecular complexity index is 408. The topological polar surface area (TPSA) is 52.6 Å². The highest BCUT2D eigenvalue weighted by Crippen LogP contribution is 2.09. The number of rotatable bonds is 6. The van der Waals surface area contributed by atoms with Gasteiger partial charge in [-0.1, -0.05) is 24.3 Å². The summed E-state index contributed by atoms with van der Waals surface area (Å²) in [6, 6.07) is 6.91. The second-order valence-electron chi connectivity index (χ2n) is 4.00. The van der Waals surface area contributed by atoms with Crippen molar-refractivity contribution in [1.29, 1.82) is 0 Å². The molecule has 1 atom stereocenters. The molecule has 1 aromatic carbocycles. The third kappa shape index (κ3) is 3.96. The van der Waals surface area contributed by atoms with Crippen LogP contribution in [0.2, 0.25) is 0 Å². The fourth-order valence-corrected chi connectivity index (χ4v) is 1.52. The summed E-state index contributed by atoms with van der Waals surface area (Å²) in [6.07, 6.45) is 0.890. The SMILES string of the molecule is CCOC(=O)C(=O)c1ccc(CC(C)OC)cc1. The zero-order chi connectivity index (χ0) is 13.5. The second-order valence-corrected chi connectivity index (χ2v) is 4.00.